The summed E-state index contributed by atoms with van der Waals surface area (Å²) in [6.45, 7) is 4.96. The van der Waals surface area contributed by atoms with Crippen LogP contribution in [0.25, 0.3) is 0 Å². The molecule has 1 aliphatic heterocycles. The van der Waals surface area contributed by atoms with Gasteiger partial charge in [0.1, 0.15) is 13.2 Å². The first-order valence-electron chi connectivity index (χ1n) is 6.28. The van der Waals surface area contributed by atoms with Crippen LogP contribution in [-0.4, -0.2) is 26.3 Å². The topological polar surface area (TPSA) is 54.3 Å². The molecule has 96 valence electrons. The first-order chi connectivity index (χ1) is 8.81. The molecular formula is C14H18N2O2. The van der Waals surface area contributed by atoms with Crippen LogP contribution in [0, 0.1) is 18.3 Å². The second-order valence-corrected chi connectivity index (χ2v) is 4.33. The molecule has 0 fully saturated rings. The third-order valence-electron chi connectivity index (χ3n) is 2.99. The van der Waals surface area contributed by atoms with Gasteiger partial charge in [-0.25, -0.2) is 0 Å². The molecule has 1 heterocycles. The predicted molar refractivity (Wildman–Crippen MR) is 69.0 cm³/mol. The van der Waals surface area contributed by atoms with Crippen LogP contribution < -0.4 is 14.8 Å². The van der Waals surface area contributed by atoms with Gasteiger partial charge in [0.15, 0.2) is 11.5 Å². The van der Waals surface area contributed by atoms with Gasteiger partial charge in [-0.05, 0) is 43.1 Å². The summed E-state index contributed by atoms with van der Waals surface area (Å²) in [5.41, 5.74) is 2.49. The van der Waals surface area contributed by atoms with E-state index in [9.17, 15) is 0 Å². The summed E-state index contributed by atoms with van der Waals surface area (Å²) < 4.78 is 11.1. The minimum absolute atomic E-state index is 0.556. The summed E-state index contributed by atoms with van der Waals surface area (Å²) >= 11 is 0. The van der Waals surface area contributed by atoms with Crippen LogP contribution >= 0.6 is 0 Å². The van der Waals surface area contributed by atoms with Crippen LogP contribution in [0.15, 0.2) is 12.1 Å². The second-order valence-electron chi connectivity index (χ2n) is 4.33. The molecule has 0 bridgehead atoms. The minimum atomic E-state index is 0.556. The maximum absolute atomic E-state index is 8.44. The Balaban J connectivity index is 1.94. The second kappa shape index (κ2) is 6.27. The number of hydrogen-bond acceptors (Lipinski definition) is 4. The van der Waals surface area contributed by atoms with E-state index in [1.807, 2.05) is 6.07 Å². The van der Waals surface area contributed by atoms with Crippen LogP contribution in [0.3, 0.4) is 0 Å². The first-order valence-corrected chi connectivity index (χ1v) is 6.28. The molecule has 4 heteroatoms. The van der Waals surface area contributed by atoms with E-state index in [2.05, 4.69) is 24.4 Å². The van der Waals surface area contributed by atoms with E-state index in [4.69, 9.17) is 14.7 Å². The molecule has 2 rings (SSSR count). The largest absolute Gasteiger partial charge is 0.486 e. The molecule has 0 saturated carbocycles. The van der Waals surface area contributed by atoms with E-state index in [0.29, 0.717) is 19.6 Å². The van der Waals surface area contributed by atoms with Crippen molar-refractivity contribution in [3.05, 3.63) is 23.3 Å². The molecule has 0 unspecified atom stereocenters. The molecule has 1 N–H and O–H groups in total. The number of fused-ring (bicyclic) bond motifs is 1. The lowest BCUT2D eigenvalue weighted by molar-refractivity contribution is 0.171. The fourth-order valence-corrected chi connectivity index (χ4v) is 1.99. The van der Waals surface area contributed by atoms with Crippen molar-refractivity contribution in [1.29, 1.82) is 5.26 Å². The number of rotatable bonds is 5. The van der Waals surface area contributed by atoms with E-state index in [1.54, 1.807) is 0 Å². The van der Waals surface area contributed by atoms with Crippen molar-refractivity contribution >= 4 is 0 Å². The lowest BCUT2D eigenvalue weighted by atomic mass is 10.0. The van der Waals surface area contributed by atoms with Gasteiger partial charge in [-0.15, -0.1) is 0 Å². The molecule has 1 aliphatic rings. The SMILES string of the molecule is Cc1cc2c(cc1CCNCCC#N)OCCO2. The molecule has 0 saturated heterocycles. The Hall–Kier alpha value is -1.73. The molecule has 0 aromatic heterocycles. The van der Waals surface area contributed by atoms with Gasteiger partial charge < -0.3 is 14.8 Å². The molecule has 18 heavy (non-hydrogen) atoms. The standard InChI is InChI=1S/C14H18N2O2/c1-11-9-13-14(18-8-7-17-13)10-12(11)3-6-16-5-2-4-15/h9-10,16H,2-3,5-8H2,1H3. The summed E-state index contributed by atoms with van der Waals surface area (Å²) in [4.78, 5) is 0. The maximum atomic E-state index is 8.44. The number of aryl methyl sites for hydroxylation is 1. The highest BCUT2D eigenvalue weighted by Crippen LogP contribution is 2.32. The third-order valence-corrected chi connectivity index (χ3v) is 2.99. The van der Waals surface area contributed by atoms with Crippen LogP contribution in [0.4, 0.5) is 0 Å². The lowest BCUT2D eigenvalue weighted by Crippen LogP contribution is -2.19. The Bertz CT molecular complexity index is 452. The van der Waals surface area contributed by atoms with Crippen molar-refractivity contribution in [1.82, 2.24) is 5.32 Å². The number of nitriles is 1. The van der Waals surface area contributed by atoms with Gasteiger partial charge in [0.2, 0.25) is 0 Å². The van der Waals surface area contributed by atoms with Crippen molar-refractivity contribution in [2.24, 2.45) is 0 Å². The van der Waals surface area contributed by atoms with Gasteiger partial charge in [0.25, 0.3) is 0 Å². The van der Waals surface area contributed by atoms with Gasteiger partial charge >= 0.3 is 0 Å². The maximum Gasteiger partial charge on any atom is 0.161 e. The number of hydrogen-bond donors (Lipinski definition) is 1. The number of benzene rings is 1. The predicted octanol–water partition coefficient (Wildman–Crippen LogP) is 1.81. The molecule has 1 aromatic rings. The molecule has 0 atom stereocenters. The lowest BCUT2D eigenvalue weighted by Gasteiger charge is -2.20. The molecule has 0 spiro atoms. The van der Waals surface area contributed by atoms with Gasteiger partial charge in [0.05, 0.1) is 6.07 Å². The van der Waals surface area contributed by atoms with Crippen molar-refractivity contribution < 1.29 is 9.47 Å². The van der Waals surface area contributed by atoms with Gasteiger partial charge in [-0.2, -0.15) is 5.26 Å². The molecule has 0 amide bonds. The van der Waals surface area contributed by atoms with Crippen molar-refractivity contribution in [3.8, 4) is 17.6 Å². The van der Waals surface area contributed by atoms with Crippen LogP contribution in [-0.2, 0) is 6.42 Å². The average molecular weight is 246 g/mol. The number of nitrogens with zero attached hydrogens (tertiary/aromatic N) is 1. The van der Waals surface area contributed by atoms with Gasteiger partial charge in [-0.1, -0.05) is 0 Å². The Kier molecular flexibility index (Phi) is 4.43. The summed E-state index contributed by atoms with van der Waals surface area (Å²) in [6.07, 6.45) is 1.49. The smallest absolute Gasteiger partial charge is 0.161 e. The molecule has 0 aliphatic carbocycles. The van der Waals surface area contributed by atoms with E-state index in [1.165, 1.54) is 11.1 Å². The van der Waals surface area contributed by atoms with E-state index in [-0.39, 0.29) is 0 Å². The molecule has 4 nitrogen and oxygen atoms in total. The monoisotopic (exact) mass is 246 g/mol. The highest BCUT2D eigenvalue weighted by molar-refractivity contribution is 5.47. The summed E-state index contributed by atoms with van der Waals surface area (Å²) in [5, 5.41) is 11.7. The van der Waals surface area contributed by atoms with Crippen molar-refractivity contribution in [2.75, 3.05) is 26.3 Å². The van der Waals surface area contributed by atoms with E-state index >= 15 is 0 Å². The fraction of sp³-hybridized carbons (Fsp3) is 0.500. The van der Waals surface area contributed by atoms with Crippen LogP contribution in [0.5, 0.6) is 11.5 Å². The zero-order chi connectivity index (χ0) is 12.8. The van der Waals surface area contributed by atoms with Gasteiger partial charge in [-0.3, -0.25) is 0 Å². The van der Waals surface area contributed by atoms with Crippen LogP contribution in [0.1, 0.15) is 17.5 Å². The highest BCUT2D eigenvalue weighted by atomic mass is 16.6. The van der Waals surface area contributed by atoms with Crippen molar-refractivity contribution in [3.63, 3.8) is 0 Å². The van der Waals surface area contributed by atoms with E-state index < -0.39 is 0 Å². The molecule has 1 aromatic carbocycles. The first kappa shape index (κ1) is 12.7. The molecule has 0 radical (unpaired) electrons. The summed E-state index contributed by atoms with van der Waals surface area (Å²) in [5.74, 6) is 1.69. The Labute approximate surface area is 108 Å². The Morgan fingerprint density at radius 2 is 1.94 bits per heavy atom. The fourth-order valence-electron chi connectivity index (χ4n) is 1.99. The molecular weight excluding hydrogens is 228 g/mol. The zero-order valence-electron chi connectivity index (χ0n) is 10.7. The van der Waals surface area contributed by atoms with Gasteiger partial charge in [0, 0.05) is 13.0 Å². The van der Waals surface area contributed by atoms with Crippen molar-refractivity contribution in [2.45, 2.75) is 19.8 Å². The van der Waals surface area contributed by atoms with Crippen LogP contribution in [0.2, 0.25) is 0 Å². The zero-order valence-corrected chi connectivity index (χ0v) is 10.7. The number of ether oxygens (including phenoxy) is 2. The van der Waals surface area contributed by atoms with E-state index in [0.717, 1.165) is 31.0 Å². The highest BCUT2D eigenvalue weighted by Gasteiger charge is 2.13. The third kappa shape index (κ3) is 3.14. The number of nitrogens with one attached hydrogen (secondary N) is 1. The Morgan fingerprint density at radius 3 is 2.67 bits per heavy atom. The normalized spacial score (nSPS) is 13.1. The average Bonchev–Trinajstić information content (AvgIpc) is 2.39. The minimum Gasteiger partial charge on any atom is -0.486 e. The quantitative estimate of drug-likeness (QED) is 0.805. The Morgan fingerprint density at radius 1 is 1.22 bits per heavy atom. The summed E-state index contributed by atoms with van der Waals surface area (Å²) in [6, 6.07) is 6.23. The summed E-state index contributed by atoms with van der Waals surface area (Å²) in [7, 11) is 0.